The fourth-order valence-electron chi connectivity index (χ4n) is 3.13. The van der Waals surface area contributed by atoms with E-state index in [9.17, 15) is 9.18 Å². The summed E-state index contributed by atoms with van der Waals surface area (Å²) in [6.45, 7) is 0.848. The Morgan fingerprint density at radius 1 is 0.929 bits per heavy atom. The van der Waals surface area contributed by atoms with Crippen molar-refractivity contribution in [2.24, 2.45) is 0 Å². The number of aromatic nitrogens is 2. The van der Waals surface area contributed by atoms with Crippen LogP contribution >= 0.6 is 0 Å². The highest BCUT2D eigenvalue weighted by Gasteiger charge is 2.07. The van der Waals surface area contributed by atoms with Crippen molar-refractivity contribution < 1.29 is 14.3 Å². The van der Waals surface area contributed by atoms with E-state index in [-0.39, 0.29) is 5.82 Å². The summed E-state index contributed by atoms with van der Waals surface area (Å²) in [6, 6.07) is 6.86. The number of nitrogens with zero attached hydrogens (tertiary/aromatic N) is 2. The minimum atomic E-state index is -0.694. The van der Waals surface area contributed by atoms with Crippen LogP contribution in [-0.2, 0) is 4.79 Å². The maximum Gasteiger partial charge on any atom is 0.303 e. The molecule has 28 heavy (non-hydrogen) atoms. The van der Waals surface area contributed by atoms with Crippen molar-refractivity contribution in [1.82, 2.24) is 9.97 Å². The van der Waals surface area contributed by atoms with E-state index in [4.69, 9.17) is 5.11 Å². The molecule has 0 aliphatic heterocycles. The first kappa shape index (κ1) is 21.8. The zero-order valence-electron chi connectivity index (χ0n) is 16.4. The highest BCUT2D eigenvalue weighted by Crippen LogP contribution is 2.24. The third-order valence-corrected chi connectivity index (χ3v) is 4.67. The molecule has 5 nitrogen and oxygen atoms in total. The van der Waals surface area contributed by atoms with Gasteiger partial charge >= 0.3 is 5.97 Å². The van der Waals surface area contributed by atoms with Gasteiger partial charge < -0.3 is 10.4 Å². The van der Waals surface area contributed by atoms with Gasteiger partial charge in [-0.15, -0.1) is 0 Å². The van der Waals surface area contributed by atoms with Crippen LogP contribution in [0, 0.1) is 5.82 Å². The Hall–Kier alpha value is -2.50. The second-order valence-corrected chi connectivity index (χ2v) is 7.01. The van der Waals surface area contributed by atoms with E-state index in [2.05, 4.69) is 15.3 Å². The number of nitrogens with one attached hydrogen (secondary N) is 1. The van der Waals surface area contributed by atoms with Crippen molar-refractivity contribution in [1.29, 1.82) is 0 Å². The topological polar surface area (TPSA) is 75.1 Å². The van der Waals surface area contributed by atoms with Crippen LogP contribution < -0.4 is 5.32 Å². The minimum Gasteiger partial charge on any atom is -0.481 e. The van der Waals surface area contributed by atoms with Gasteiger partial charge in [-0.3, -0.25) is 9.78 Å². The summed E-state index contributed by atoms with van der Waals surface area (Å²) in [4.78, 5) is 19.0. The van der Waals surface area contributed by atoms with Gasteiger partial charge in [-0.05, 0) is 37.1 Å². The Kier molecular flexibility index (Phi) is 9.97. The number of carboxylic acid groups (broad SMARTS) is 1. The molecular formula is C22H30FN3O2. The Labute approximate surface area is 166 Å². The molecule has 0 atom stereocenters. The van der Waals surface area contributed by atoms with E-state index in [0.717, 1.165) is 43.6 Å². The lowest BCUT2D eigenvalue weighted by atomic mass is 10.1. The number of unbranched alkanes of at least 4 members (excludes halogenated alkanes) is 8. The van der Waals surface area contributed by atoms with Crippen LogP contribution in [0.5, 0.6) is 0 Å². The Morgan fingerprint density at radius 2 is 1.61 bits per heavy atom. The van der Waals surface area contributed by atoms with E-state index in [1.54, 1.807) is 12.3 Å². The van der Waals surface area contributed by atoms with Crippen molar-refractivity contribution in [2.45, 2.75) is 64.2 Å². The van der Waals surface area contributed by atoms with Crippen molar-refractivity contribution >= 4 is 11.8 Å². The first-order valence-corrected chi connectivity index (χ1v) is 10.2. The zero-order chi connectivity index (χ0) is 20.0. The molecule has 0 aliphatic rings. The van der Waals surface area contributed by atoms with Crippen LogP contribution in [0.2, 0.25) is 0 Å². The smallest absolute Gasteiger partial charge is 0.303 e. The molecule has 0 aromatic carbocycles. The van der Waals surface area contributed by atoms with Crippen LogP contribution in [-0.4, -0.2) is 27.6 Å². The number of carbonyl (C=O) groups is 1. The number of anilines is 1. The van der Waals surface area contributed by atoms with Gasteiger partial charge in [0.2, 0.25) is 0 Å². The molecule has 0 spiro atoms. The number of aliphatic carboxylic acids is 1. The van der Waals surface area contributed by atoms with Gasteiger partial charge in [0.25, 0.3) is 0 Å². The predicted octanol–water partition coefficient (Wildman–Crippen LogP) is 5.68. The molecule has 2 N–H and O–H groups in total. The molecule has 0 amide bonds. The highest BCUT2D eigenvalue weighted by molar-refractivity contribution is 5.72. The molecule has 0 aliphatic carbocycles. The molecule has 2 rings (SSSR count). The molecule has 0 bridgehead atoms. The summed E-state index contributed by atoms with van der Waals surface area (Å²) in [6.07, 6.45) is 13.3. The van der Waals surface area contributed by atoms with Crippen molar-refractivity contribution in [3.05, 3.63) is 42.5 Å². The number of hydrogen-bond acceptors (Lipinski definition) is 4. The second-order valence-electron chi connectivity index (χ2n) is 7.01. The lowest BCUT2D eigenvalue weighted by Crippen LogP contribution is -2.05. The summed E-state index contributed by atoms with van der Waals surface area (Å²) in [7, 11) is 0. The Morgan fingerprint density at radius 3 is 2.25 bits per heavy atom. The van der Waals surface area contributed by atoms with Crippen LogP contribution in [0.25, 0.3) is 11.3 Å². The number of hydrogen-bond donors (Lipinski definition) is 2. The molecule has 0 saturated heterocycles. The SMILES string of the molecule is O=C(O)CCCCCCCCCCCNc1ncccc1-c1ccc(F)cn1. The Balaban J connectivity index is 1.57. The van der Waals surface area contributed by atoms with Gasteiger partial charge in [0.1, 0.15) is 11.6 Å². The zero-order valence-corrected chi connectivity index (χ0v) is 16.4. The number of pyridine rings is 2. The standard InChI is InChI=1S/C22H30FN3O2/c23-18-13-14-20(26-17-18)19-11-10-16-25-22(19)24-15-9-7-5-3-1-2-4-6-8-12-21(27)28/h10-11,13-14,16-17H,1-9,12,15H2,(H,24,25)(H,27,28). The van der Waals surface area contributed by atoms with Gasteiger partial charge in [0, 0.05) is 24.7 Å². The summed E-state index contributed by atoms with van der Waals surface area (Å²) in [5.41, 5.74) is 1.59. The summed E-state index contributed by atoms with van der Waals surface area (Å²) < 4.78 is 13.1. The van der Waals surface area contributed by atoms with E-state index < -0.39 is 5.97 Å². The van der Waals surface area contributed by atoms with Crippen molar-refractivity contribution in [3.8, 4) is 11.3 Å². The maximum absolute atomic E-state index is 13.1. The quantitative estimate of drug-likeness (QED) is 0.408. The molecule has 2 aromatic heterocycles. The first-order valence-electron chi connectivity index (χ1n) is 10.2. The van der Waals surface area contributed by atoms with Crippen LogP contribution in [0.3, 0.4) is 0 Å². The molecule has 2 heterocycles. The molecule has 0 saturated carbocycles. The van der Waals surface area contributed by atoms with Crippen LogP contribution in [0.1, 0.15) is 64.2 Å². The third-order valence-electron chi connectivity index (χ3n) is 4.67. The normalized spacial score (nSPS) is 10.8. The molecule has 0 unspecified atom stereocenters. The lowest BCUT2D eigenvalue weighted by molar-refractivity contribution is -0.137. The average Bonchev–Trinajstić information content (AvgIpc) is 2.69. The van der Waals surface area contributed by atoms with Gasteiger partial charge in [-0.25, -0.2) is 9.37 Å². The van der Waals surface area contributed by atoms with Crippen molar-refractivity contribution in [2.75, 3.05) is 11.9 Å². The molecular weight excluding hydrogens is 357 g/mol. The van der Waals surface area contributed by atoms with Crippen LogP contribution in [0.4, 0.5) is 10.2 Å². The average molecular weight is 387 g/mol. The Bertz CT molecular complexity index is 707. The monoisotopic (exact) mass is 387 g/mol. The summed E-state index contributed by atoms with van der Waals surface area (Å²) in [5, 5.41) is 12.0. The number of rotatable bonds is 14. The largest absolute Gasteiger partial charge is 0.481 e. The fraction of sp³-hybridized carbons (Fsp3) is 0.500. The number of carboxylic acids is 1. The van der Waals surface area contributed by atoms with Gasteiger partial charge in [0.05, 0.1) is 11.9 Å². The summed E-state index contributed by atoms with van der Waals surface area (Å²) >= 11 is 0. The third kappa shape index (κ3) is 8.46. The van der Waals surface area contributed by atoms with Gasteiger partial charge in [-0.1, -0.05) is 44.9 Å². The molecule has 2 aromatic rings. The number of halogens is 1. The predicted molar refractivity (Wildman–Crippen MR) is 110 cm³/mol. The van der Waals surface area contributed by atoms with Crippen LogP contribution in [0.15, 0.2) is 36.7 Å². The molecule has 6 heteroatoms. The van der Waals surface area contributed by atoms with Gasteiger partial charge in [0.15, 0.2) is 0 Å². The van der Waals surface area contributed by atoms with E-state index in [0.29, 0.717) is 12.1 Å². The van der Waals surface area contributed by atoms with Gasteiger partial charge in [-0.2, -0.15) is 0 Å². The molecule has 0 radical (unpaired) electrons. The first-order chi connectivity index (χ1) is 13.7. The maximum atomic E-state index is 13.1. The minimum absolute atomic E-state index is 0.294. The second kappa shape index (κ2) is 12.8. The van der Waals surface area contributed by atoms with E-state index in [1.807, 2.05) is 12.1 Å². The fourth-order valence-corrected chi connectivity index (χ4v) is 3.13. The molecule has 152 valence electrons. The lowest BCUT2D eigenvalue weighted by Gasteiger charge is -2.10. The van der Waals surface area contributed by atoms with Crippen molar-refractivity contribution in [3.63, 3.8) is 0 Å². The highest BCUT2D eigenvalue weighted by atomic mass is 19.1. The molecule has 0 fully saturated rings. The van der Waals surface area contributed by atoms with E-state index >= 15 is 0 Å². The van der Waals surface area contributed by atoms with E-state index in [1.165, 1.54) is 44.4 Å². The summed E-state index contributed by atoms with van der Waals surface area (Å²) in [5.74, 6) is -0.259.